The van der Waals surface area contributed by atoms with Gasteiger partial charge in [-0.2, -0.15) is 0 Å². The Labute approximate surface area is 141 Å². The molecule has 1 heterocycles. The molecule has 1 saturated heterocycles. The van der Waals surface area contributed by atoms with Gasteiger partial charge in [0.15, 0.2) is 0 Å². The zero-order chi connectivity index (χ0) is 17.0. The topological polar surface area (TPSA) is 67.4 Å². The van der Waals surface area contributed by atoms with Gasteiger partial charge in [0.25, 0.3) is 0 Å². The monoisotopic (exact) mass is 338 g/mol. The molecule has 0 saturated carbocycles. The predicted molar refractivity (Wildman–Crippen MR) is 90.4 cm³/mol. The SMILES string of the molecule is CC(C)(C)C1OCCC1CNC(=O)C(=O)Nc1cccc(Cl)c1. The Kier molecular flexibility index (Phi) is 5.65. The fourth-order valence-corrected chi connectivity index (χ4v) is 3.05. The van der Waals surface area contributed by atoms with Crippen LogP contribution in [0.4, 0.5) is 5.69 Å². The van der Waals surface area contributed by atoms with E-state index in [0.29, 0.717) is 23.9 Å². The van der Waals surface area contributed by atoms with Gasteiger partial charge < -0.3 is 15.4 Å². The predicted octanol–water partition coefficient (Wildman–Crippen LogP) is 2.85. The number of hydrogen-bond acceptors (Lipinski definition) is 3. The summed E-state index contributed by atoms with van der Waals surface area (Å²) < 4.78 is 5.77. The van der Waals surface area contributed by atoms with Crippen molar-refractivity contribution in [2.24, 2.45) is 11.3 Å². The molecule has 5 nitrogen and oxygen atoms in total. The summed E-state index contributed by atoms with van der Waals surface area (Å²) >= 11 is 5.85. The number of nitrogens with one attached hydrogen (secondary N) is 2. The van der Waals surface area contributed by atoms with Crippen molar-refractivity contribution in [1.82, 2.24) is 5.32 Å². The second kappa shape index (κ2) is 7.32. The van der Waals surface area contributed by atoms with Gasteiger partial charge in [0.1, 0.15) is 0 Å². The first-order chi connectivity index (χ1) is 10.8. The molecule has 0 aliphatic carbocycles. The molecule has 1 aliphatic heterocycles. The zero-order valence-corrected chi connectivity index (χ0v) is 14.4. The summed E-state index contributed by atoms with van der Waals surface area (Å²) in [5, 5.41) is 5.73. The third-order valence-corrected chi connectivity index (χ3v) is 4.12. The van der Waals surface area contributed by atoms with Crippen LogP contribution >= 0.6 is 11.6 Å². The van der Waals surface area contributed by atoms with Crippen molar-refractivity contribution >= 4 is 29.1 Å². The lowest BCUT2D eigenvalue weighted by molar-refractivity contribution is -0.136. The van der Waals surface area contributed by atoms with E-state index in [1.807, 2.05) is 0 Å². The summed E-state index contributed by atoms with van der Waals surface area (Å²) in [6.07, 6.45) is 0.969. The average Bonchev–Trinajstić information content (AvgIpc) is 2.93. The van der Waals surface area contributed by atoms with Gasteiger partial charge in [-0.1, -0.05) is 38.4 Å². The minimum Gasteiger partial charge on any atom is -0.377 e. The average molecular weight is 339 g/mol. The molecule has 2 N–H and O–H groups in total. The fraction of sp³-hybridized carbons (Fsp3) is 0.529. The molecule has 2 rings (SSSR count). The van der Waals surface area contributed by atoms with Crippen LogP contribution in [0.15, 0.2) is 24.3 Å². The van der Waals surface area contributed by atoms with Crippen molar-refractivity contribution in [3.05, 3.63) is 29.3 Å². The molecule has 23 heavy (non-hydrogen) atoms. The van der Waals surface area contributed by atoms with Crippen molar-refractivity contribution in [1.29, 1.82) is 0 Å². The van der Waals surface area contributed by atoms with E-state index in [1.54, 1.807) is 24.3 Å². The summed E-state index contributed by atoms with van der Waals surface area (Å²) in [4.78, 5) is 23.9. The third kappa shape index (κ3) is 4.94. The van der Waals surface area contributed by atoms with Crippen LogP contribution in [0.3, 0.4) is 0 Å². The van der Waals surface area contributed by atoms with Gasteiger partial charge in [-0.15, -0.1) is 0 Å². The van der Waals surface area contributed by atoms with Gasteiger partial charge in [-0.3, -0.25) is 9.59 Å². The van der Waals surface area contributed by atoms with Crippen LogP contribution in [0.25, 0.3) is 0 Å². The van der Waals surface area contributed by atoms with Crippen molar-refractivity contribution in [2.75, 3.05) is 18.5 Å². The van der Waals surface area contributed by atoms with E-state index in [0.717, 1.165) is 6.42 Å². The molecule has 6 heteroatoms. The maximum atomic E-state index is 11.9. The van der Waals surface area contributed by atoms with Gasteiger partial charge >= 0.3 is 11.8 Å². The summed E-state index contributed by atoms with van der Waals surface area (Å²) in [7, 11) is 0. The Balaban J connectivity index is 1.86. The van der Waals surface area contributed by atoms with Crippen LogP contribution in [-0.2, 0) is 14.3 Å². The number of carbonyl (C=O) groups is 2. The summed E-state index contributed by atoms with van der Waals surface area (Å²) in [5.41, 5.74) is 0.504. The molecule has 2 unspecified atom stereocenters. The van der Waals surface area contributed by atoms with E-state index >= 15 is 0 Å². The first-order valence-corrected chi connectivity index (χ1v) is 8.11. The van der Waals surface area contributed by atoms with Gasteiger partial charge in [-0.25, -0.2) is 0 Å². The maximum Gasteiger partial charge on any atom is 0.313 e. The highest BCUT2D eigenvalue weighted by Crippen LogP contribution is 2.34. The normalized spacial score (nSPS) is 21.0. The molecule has 1 aliphatic rings. The van der Waals surface area contributed by atoms with Crippen molar-refractivity contribution < 1.29 is 14.3 Å². The van der Waals surface area contributed by atoms with Crippen molar-refractivity contribution in [3.63, 3.8) is 0 Å². The second-order valence-corrected chi connectivity index (χ2v) is 7.32. The highest BCUT2D eigenvalue weighted by molar-refractivity contribution is 6.39. The number of amides is 2. The number of anilines is 1. The third-order valence-electron chi connectivity index (χ3n) is 3.88. The quantitative estimate of drug-likeness (QED) is 0.833. The maximum absolute atomic E-state index is 11.9. The van der Waals surface area contributed by atoms with Gasteiger partial charge in [0, 0.05) is 29.8 Å². The Bertz CT molecular complexity index is 583. The summed E-state index contributed by atoms with van der Waals surface area (Å²) in [6.45, 7) is 7.47. The Morgan fingerprint density at radius 2 is 2.04 bits per heavy atom. The van der Waals surface area contributed by atoms with Crippen LogP contribution in [0.1, 0.15) is 27.2 Å². The van der Waals surface area contributed by atoms with E-state index in [1.165, 1.54) is 0 Å². The molecule has 1 aromatic rings. The number of benzene rings is 1. The molecule has 0 bridgehead atoms. The van der Waals surface area contributed by atoms with Crippen LogP contribution in [0.5, 0.6) is 0 Å². The Morgan fingerprint density at radius 3 is 2.70 bits per heavy atom. The van der Waals surface area contributed by atoms with E-state index in [2.05, 4.69) is 31.4 Å². The highest BCUT2D eigenvalue weighted by atomic mass is 35.5. The van der Waals surface area contributed by atoms with Crippen LogP contribution in [-0.4, -0.2) is 31.1 Å². The van der Waals surface area contributed by atoms with E-state index in [9.17, 15) is 9.59 Å². The zero-order valence-electron chi connectivity index (χ0n) is 13.7. The van der Waals surface area contributed by atoms with Gasteiger partial charge in [0.05, 0.1) is 6.10 Å². The lowest BCUT2D eigenvalue weighted by Gasteiger charge is -2.31. The molecule has 2 amide bonds. The van der Waals surface area contributed by atoms with Crippen LogP contribution in [0, 0.1) is 11.3 Å². The first kappa shape index (κ1) is 17.8. The van der Waals surface area contributed by atoms with E-state index < -0.39 is 11.8 Å². The molecule has 0 radical (unpaired) electrons. The molecular formula is C17H23ClN2O3. The molecular weight excluding hydrogens is 316 g/mol. The summed E-state index contributed by atoms with van der Waals surface area (Å²) in [6, 6.07) is 6.67. The Hall–Kier alpha value is -1.59. The number of carbonyl (C=O) groups excluding carboxylic acids is 2. The smallest absolute Gasteiger partial charge is 0.313 e. The number of rotatable bonds is 3. The van der Waals surface area contributed by atoms with Crippen LogP contribution < -0.4 is 10.6 Å². The summed E-state index contributed by atoms with van der Waals surface area (Å²) in [5.74, 6) is -1.12. The Morgan fingerprint density at radius 1 is 1.30 bits per heavy atom. The molecule has 0 aromatic heterocycles. The molecule has 0 spiro atoms. The van der Waals surface area contributed by atoms with Crippen molar-refractivity contribution in [3.8, 4) is 0 Å². The number of hydrogen-bond donors (Lipinski definition) is 2. The fourth-order valence-electron chi connectivity index (χ4n) is 2.86. The lowest BCUT2D eigenvalue weighted by Crippen LogP contribution is -2.42. The number of ether oxygens (including phenoxy) is 1. The van der Waals surface area contributed by atoms with Gasteiger partial charge in [0.2, 0.25) is 0 Å². The first-order valence-electron chi connectivity index (χ1n) is 7.74. The minimum atomic E-state index is -0.696. The molecule has 1 aromatic carbocycles. The van der Waals surface area contributed by atoms with Gasteiger partial charge in [-0.05, 0) is 30.0 Å². The van der Waals surface area contributed by atoms with E-state index in [4.69, 9.17) is 16.3 Å². The molecule has 2 atom stereocenters. The molecule has 1 fully saturated rings. The largest absolute Gasteiger partial charge is 0.377 e. The molecule has 126 valence electrons. The van der Waals surface area contributed by atoms with E-state index in [-0.39, 0.29) is 17.4 Å². The standard InChI is InChI=1S/C17H23ClN2O3/c1-17(2,3)14-11(7-8-23-14)10-19-15(21)16(22)20-13-6-4-5-12(18)9-13/h4-6,9,11,14H,7-8,10H2,1-3H3,(H,19,21)(H,20,22). The van der Waals surface area contributed by atoms with Crippen LogP contribution in [0.2, 0.25) is 5.02 Å². The second-order valence-electron chi connectivity index (χ2n) is 6.88. The lowest BCUT2D eigenvalue weighted by atomic mass is 9.81. The van der Waals surface area contributed by atoms with Crippen molar-refractivity contribution in [2.45, 2.75) is 33.3 Å². The highest BCUT2D eigenvalue weighted by Gasteiger charge is 2.37. The minimum absolute atomic E-state index is 0.00887. The number of halogens is 1.